The van der Waals surface area contributed by atoms with Crippen LogP contribution in [0.4, 0.5) is 0 Å². The molecule has 0 spiro atoms. The highest BCUT2D eigenvalue weighted by Gasteiger charge is 2.28. The standard InChI is InChI=1S/C10H10ClN3OS2/c11-8-4-3-7(17-8)5-16-10-13-12-9(15)14(10)6-1-2-6/h3-4,6H,1-2,5H2,(H,12,15). The normalized spacial score (nSPS) is 15.4. The molecule has 7 heteroatoms. The molecular weight excluding hydrogens is 278 g/mol. The monoisotopic (exact) mass is 287 g/mol. The van der Waals surface area contributed by atoms with Crippen LogP contribution in [-0.4, -0.2) is 14.8 Å². The fourth-order valence-electron chi connectivity index (χ4n) is 1.61. The minimum Gasteiger partial charge on any atom is -0.267 e. The van der Waals surface area contributed by atoms with Crippen molar-refractivity contribution in [2.75, 3.05) is 0 Å². The summed E-state index contributed by atoms with van der Waals surface area (Å²) in [5.41, 5.74) is -0.0980. The molecule has 2 aromatic rings. The molecule has 0 unspecified atom stereocenters. The summed E-state index contributed by atoms with van der Waals surface area (Å²) < 4.78 is 2.56. The molecule has 2 heterocycles. The number of aromatic nitrogens is 3. The molecule has 1 aliphatic carbocycles. The van der Waals surface area contributed by atoms with Crippen molar-refractivity contribution in [3.05, 3.63) is 31.8 Å². The molecule has 1 N–H and O–H groups in total. The van der Waals surface area contributed by atoms with Gasteiger partial charge in [-0.2, -0.15) is 0 Å². The molecular formula is C10H10ClN3OS2. The fraction of sp³-hybridized carbons (Fsp3) is 0.400. The third-order valence-electron chi connectivity index (χ3n) is 2.56. The SMILES string of the molecule is O=c1[nH]nc(SCc2ccc(Cl)s2)n1C1CC1. The van der Waals surface area contributed by atoms with E-state index in [1.54, 1.807) is 27.7 Å². The quantitative estimate of drug-likeness (QED) is 0.880. The lowest BCUT2D eigenvalue weighted by Crippen LogP contribution is -2.16. The molecule has 1 aliphatic rings. The van der Waals surface area contributed by atoms with Crippen molar-refractivity contribution in [3.8, 4) is 0 Å². The Balaban J connectivity index is 1.75. The number of thiophene rings is 1. The van der Waals surface area contributed by atoms with Crippen LogP contribution in [0, 0.1) is 0 Å². The highest BCUT2D eigenvalue weighted by molar-refractivity contribution is 7.98. The van der Waals surface area contributed by atoms with Crippen molar-refractivity contribution in [1.82, 2.24) is 14.8 Å². The molecule has 0 radical (unpaired) electrons. The van der Waals surface area contributed by atoms with Gasteiger partial charge >= 0.3 is 5.69 Å². The van der Waals surface area contributed by atoms with Crippen LogP contribution >= 0.6 is 34.7 Å². The summed E-state index contributed by atoms with van der Waals surface area (Å²) in [7, 11) is 0. The van der Waals surface area contributed by atoms with E-state index in [2.05, 4.69) is 10.2 Å². The first kappa shape index (κ1) is 11.4. The molecule has 2 aromatic heterocycles. The van der Waals surface area contributed by atoms with Gasteiger partial charge < -0.3 is 0 Å². The summed E-state index contributed by atoms with van der Waals surface area (Å²) in [6.45, 7) is 0. The van der Waals surface area contributed by atoms with Crippen LogP contribution in [0.25, 0.3) is 0 Å². The Morgan fingerprint density at radius 2 is 2.41 bits per heavy atom. The molecule has 0 amide bonds. The molecule has 0 bridgehead atoms. The van der Waals surface area contributed by atoms with E-state index in [9.17, 15) is 4.79 Å². The van der Waals surface area contributed by atoms with Gasteiger partial charge in [0.2, 0.25) is 0 Å². The van der Waals surface area contributed by atoms with Gasteiger partial charge in [-0.3, -0.25) is 4.57 Å². The third kappa shape index (κ3) is 2.43. The highest BCUT2D eigenvalue weighted by atomic mass is 35.5. The van der Waals surface area contributed by atoms with Crippen molar-refractivity contribution in [3.63, 3.8) is 0 Å². The van der Waals surface area contributed by atoms with E-state index in [0.29, 0.717) is 6.04 Å². The number of nitrogens with one attached hydrogen (secondary N) is 1. The molecule has 0 saturated heterocycles. The molecule has 1 saturated carbocycles. The lowest BCUT2D eigenvalue weighted by molar-refractivity contribution is 0.642. The first-order valence-electron chi connectivity index (χ1n) is 5.28. The zero-order chi connectivity index (χ0) is 11.8. The summed E-state index contributed by atoms with van der Waals surface area (Å²) in [5, 5.41) is 7.35. The van der Waals surface area contributed by atoms with Gasteiger partial charge in [0.05, 0.1) is 4.34 Å². The Morgan fingerprint density at radius 3 is 3.06 bits per heavy atom. The third-order valence-corrected chi connectivity index (χ3v) is 4.97. The van der Waals surface area contributed by atoms with Crippen molar-refractivity contribution >= 4 is 34.7 Å². The van der Waals surface area contributed by atoms with Gasteiger partial charge in [0.15, 0.2) is 5.16 Å². The highest BCUT2D eigenvalue weighted by Crippen LogP contribution is 2.37. The smallest absolute Gasteiger partial charge is 0.267 e. The molecule has 0 atom stereocenters. The number of hydrogen-bond acceptors (Lipinski definition) is 4. The Hall–Kier alpha value is -0.720. The Kier molecular flexibility index (Phi) is 3.02. The topological polar surface area (TPSA) is 50.7 Å². The second-order valence-electron chi connectivity index (χ2n) is 3.91. The minimum atomic E-state index is -0.0980. The number of halogens is 1. The molecule has 1 fully saturated rings. The second-order valence-corrected chi connectivity index (χ2v) is 6.65. The number of rotatable bonds is 4. The predicted molar refractivity (Wildman–Crippen MR) is 70.0 cm³/mol. The van der Waals surface area contributed by atoms with Crippen LogP contribution < -0.4 is 5.69 Å². The summed E-state index contributed by atoms with van der Waals surface area (Å²) >= 11 is 9.01. The van der Waals surface area contributed by atoms with E-state index < -0.39 is 0 Å². The number of hydrogen-bond donors (Lipinski definition) is 1. The lowest BCUT2D eigenvalue weighted by atomic mass is 10.5. The lowest BCUT2D eigenvalue weighted by Gasteiger charge is -2.01. The average molecular weight is 288 g/mol. The van der Waals surface area contributed by atoms with Crippen LogP contribution in [0.15, 0.2) is 22.1 Å². The van der Waals surface area contributed by atoms with Gasteiger partial charge in [-0.05, 0) is 25.0 Å². The Morgan fingerprint density at radius 1 is 1.59 bits per heavy atom. The van der Waals surface area contributed by atoms with Gasteiger partial charge in [-0.15, -0.1) is 16.4 Å². The van der Waals surface area contributed by atoms with E-state index in [1.807, 2.05) is 12.1 Å². The average Bonchev–Trinajstić information content (AvgIpc) is 2.95. The molecule has 0 aliphatic heterocycles. The zero-order valence-corrected chi connectivity index (χ0v) is 11.2. The first-order chi connectivity index (χ1) is 8.24. The van der Waals surface area contributed by atoms with Gasteiger partial charge in [0, 0.05) is 16.7 Å². The largest absolute Gasteiger partial charge is 0.344 e. The van der Waals surface area contributed by atoms with Crippen LogP contribution in [0.5, 0.6) is 0 Å². The molecule has 3 rings (SSSR count). The summed E-state index contributed by atoms with van der Waals surface area (Å²) in [5.74, 6) is 0.800. The summed E-state index contributed by atoms with van der Waals surface area (Å²) in [6, 6.07) is 4.25. The fourth-order valence-corrected chi connectivity index (χ4v) is 3.76. The van der Waals surface area contributed by atoms with Crippen LogP contribution in [0.2, 0.25) is 4.34 Å². The van der Waals surface area contributed by atoms with Gasteiger partial charge in [-0.1, -0.05) is 23.4 Å². The van der Waals surface area contributed by atoms with Gasteiger partial charge in [-0.25, -0.2) is 9.89 Å². The van der Waals surface area contributed by atoms with Gasteiger partial charge in [0.1, 0.15) is 0 Å². The number of nitrogens with zero attached hydrogens (tertiary/aromatic N) is 2. The van der Waals surface area contributed by atoms with Crippen LogP contribution in [0.3, 0.4) is 0 Å². The molecule has 90 valence electrons. The van der Waals surface area contributed by atoms with E-state index in [4.69, 9.17) is 11.6 Å². The van der Waals surface area contributed by atoms with E-state index >= 15 is 0 Å². The minimum absolute atomic E-state index is 0.0980. The first-order valence-corrected chi connectivity index (χ1v) is 7.46. The maximum absolute atomic E-state index is 11.5. The van der Waals surface area contributed by atoms with Crippen molar-refractivity contribution in [2.24, 2.45) is 0 Å². The van der Waals surface area contributed by atoms with Crippen molar-refractivity contribution in [1.29, 1.82) is 0 Å². The van der Waals surface area contributed by atoms with E-state index in [1.165, 1.54) is 4.88 Å². The predicted octanol–water partition coefficient (Wildman–Crippen LogP) is 2.91. The van der Waals surface area contributed by atoms with Crippen LogP contribution in [0.1, 0.15) is 23.8 Å². The summed E-state index contributed by atoms with van der Waals surface area (Å²) in [6.07, 6.45) is 2.16. The Labute approximate surface area is 111 Å². The number of thioether (sulfide) groups is 1. The number of H-pyrrole nitrogens is 1. The van der Waals surface area contributed by atoms with E-state index in [0.717, 1.165) is 28.1 Å². The summed E-state index contributed by atoms with van der Waals surface area (Å²) in [4.78, 5) is 12.7. The maximum atomic E-state index is 11.5. The molecule has 17 heavy (non-hydrogen) atoms. The van der Waals surface area contributed by atoms with Crippen molar-refractivity contribution in [2.45, 2.75) is 29.8 Å². The Bertz CT molecular complexity index is 584. The van der Waals surface area contributed by atoms with E-state index in [-0.39, 0.29) is 5.69 Å². The number of aromatic amines is 1. The molecule has 4 nitrogen and oxygen atoms in total. The van der Waals surface area contributed by atoms with Crippen LogP contribution in [-0.2, 0) is 5.75 Å². The second kappa shape index (κ2) is 4.51. The maximum Gasteiger partial charge on any atom is 0.344 e. The zero-order valence-electron chi connectivity index (χ0n) is 8.85. The van der Waals surface area contributed by atoms with Crippen molar-refractivity contribution < 1.29 is 0 Å². The molecule has 0 aromatic carbocycles. The van der Waals surface area contributed by atoms with Gasteiger partial charge in [0.25, 0.3) is 0 Å².